The molecule has 0 atom stereocenters. The number of hydrogen-bond donors (Lipinski definition) is 1. The highest BCUT2D eigenvalue weighted by Crippen LogP contribution is 2.30. The zero-order valence-corrected chi connectivity index (χ0v) is 21.9. The molecule has 1 fully saturated rings. The summed E-state index contributed by atoms with van der Waals surface area (Å²) in [6, 6.07) is 18.4. The normalized spacial score (nSPS) is 14.5. The van der Waals surface area contributed by atoms with E-state index in [9.17, 15) is 14.4 Å². The number of imide groups is 2. The number of amides is 4. The number of nitrogens with one attached hydrogen (secondary N) is 1. The number of methoxy groups -OCH3 is 1. The van der Waals surface area contributed by atoms with Crippen LogP contribution in [0.15, 0.2) is 76.8 Å². The molecule has 3 aromatic rings. The molecule has 190 valence electrons. The number of rotatable bonds is 9. The molecule has 0 spiro atoms. The average Bonchev–Trinajstić information content (AvgIpc) is 2.90. The molecule has 0 bridgehead atoms. The number of carbonyl (C=O) groups excluding carboxylic acids is 3. The highest BCUT2D eigenvalue weighted by Gasteiger charge is 2.37. The van der Waals surface area contributed by atoms with Crippen molar-refractivity contribution in [2.24, 2.45) is 0 Å². The van der Waals surface area contributed by atoms with E-state index in [2.05, 4.69) is 21.2 Å². The second-order valence-electron chi connectivity index (χ2n) is 8.08. The second-order valence-corrected chi connectivity index (χ2v) is 8.94. The Morgan fingerprint density at radius 1 is 0.946 bits per heavy atom. The molecule has 1 aliphatic rings. The zero-order chi connectivity index (χ0) is 26.4. The van der Waals surface area contributed by atoms with Crippen LogP contribution in [0.2, 0.25) is 0 Å². The number of ether oxygens (including phenoxy) is 3. The number of hydrogen-bond acceptors (Lipinski definition) is 6. The van der Waals surface area contributed by atoms with Gasteiger partial charge in [-0.25, -0.2) is 9.69 Å². The SMILES string of the molecule is CCCOc1ccc(N2C(=O)NC(=O)/C(=C/c3ccc(OC)cc3OCc3ccccc3Br)C2=O)cc1. The van der Waals surface area contributed by atoms with E-state index in [-0.39, 0.29) is 12.2 Å². The van der Waals surface area contributed by atoms with Crippen LogP contribution >= 0.6 is 15.9 Å². The van der Waals surface area contributed by atoms with E-state index < -0.39 is 17.8 Å². The summed E-state index contributed by atoms with van der Waals surface area (Å²) in [4.78, 5) is 39.5. The molecular formula is C28H25BrN2O6. The van der Waals surface area contributed by atoms with Crippen LogP contribution in [0.3, 0.4) is 0 Å². The fraction of sp³-hybridized carbons (Fsp3) is 0.179. The van der Waals surface area contributed by atoms with Crippen molar-refractivity contribution in [3.63, 3.8) is 0 Å². The van der Waals surface area contributed by atoms with Crippen LogP contribution in [0, 0.1) is 0 Å². The number of barbiturate groups is 1. The molecule has 8 nitrogen and oxygen atoms in total. The first-order valence-electron chi connectivity index (χ1n) is 11.6. The Morgan fingerprint density at radius 2 is 1.68 bits per heavy atom. The summed E-state index contributed by atoms with van der Waals surface area (Å²) >= 11 is 3.50. The van der Waals surface area contributed by atoms with Crippen molar-refractivity contribution >= 4 is 45.5 Å². The minimum atomic E-state index is -0.825. The quantitative estimate of drug-likeness (QED) is 0.273. The minimum Gasteiger partial charge on any atom is -0.497 e. The van der Waals surface area contributed by atoms with Crippen molar-refractivity contribution in [3.8, 4) is 17.2 Å². The van der Waals surface area contributed by atoms with Crippen LogP contribution in [0.5, 0.6) is 17.2 Å². The first kappa shape index (κ1) is 26.0. The summed E-state index contributed by atoms with van der Waals surface area (Å²) in [6.45, 7) is 2.79. The number of urea groups is 1. The Bertz CT molecular complexity index is 1350. The van der Waals surface area contributed by atoms with Crippen LogP contribution in [-0.2, 0) is 16.2 Å². The summed E-state index contributed by atoms with van der Waals surface area (Å²) in [6.07, 6.45) is 2.26. The summed E-state index contributed by atoms with van der Waals surface area (Å²) in [5, 5.41) is 2.24. The highest BCUT2D eigenvalue weighted by molar-refractivity contribution is 9.10. The van der Waals surface area contributed by atoms with Gasteiger partial charge in [-0.2, -0.15) is 0 Å². The number of nitrogens with zero attached hydrogens (tertiary/aromatic N) is 1. The Labute approximate surface area is 223 Å². The van der Waals surface area contributed by atoms with Crippen LogP contribution in [0.25, 0.3) is 6.08 Å². The van der Waals surface area contributed by atoms with Gasteiger partial charge >= 0.3 is 6.03 Å². The monoisotopic (exact) mass is 564 g/mol. The first-order valence-corrected chi connectivity index (χ1v) is 12.4. The molecule has 3 aromatic carbocycles. The van der Waals surface area contributed by atoms with Gasteiger partial charge in [-0.1, -0.05) is 41.1 Å². The first-order chi connectivity index (χ1) is 17.9. The summed E-state index contributed by atoms with van der Waals surface area (Å²) in [7, 11) is 1.53. The van der Waals surface area contributed by atoms with Gasteiger partial charge in [0.1, 0.15) is 29.4 Å². The number of carbonyl (C=O) groups is 3. The lowest BCUT2D eigenvalue weighted by atomic mass is 10.1. The van der Waals surface area contributed by atoms with Crippen molar-refractivity contribution in [2.45, 2.75) is 20.0 Å². The summed E-state index contributed by atoms with van der Waals surface area (Å²) in [5.74, 6) is 0.0348. The fourth-order valence-electron chi connectivity index (χ4n) is 3.62. The molecule has 0 unspecified atom stereocenters. The van der Waals surface area contributed by atoms with E-state index >= 15 is 0 Å². The van der Waals surface area contributed by atoms with E-state index in [1.807, 2.05) is 31.2 Å². The number of benzene rings is 3. The van der Waals surface area contributed by atoms with Gasteiger partial charge in [0.2, 0.25) is 0 Å². The number of halogens is 1. The molecule has 0 radical (unpaired) electrons. The Hall–Kier alpha value is -4.11. The van der Waals surface area contributed by atoms with Gasteiger partial charge in [-0.3, -0.25) is 14.9 Å². The van der Waals surface area contributed by atoms with Crippen LogP contribution in [-0.4, -0.2) is 31.6 Å². The topological polar surface area (TPSA) is 94.2 Å². The zero-order valence-electron chi connectivity index (χ0n) is 20.3. The van der Waals surface area contributed by atoms with Gasteiger partial charge < -0.3 is 14.2 Å². The van der Waals surface area contributed by atoms with Gasteiger partial charge in [0, 0.05) is 21.7 Å². The van der Waals surface area contributed by atoms with Gasteiger partial charge in [0.25, 0.3) is 11.8 Å². The van der Waals surface area contributed by atoms with E-state index in [1.165, 1.54) is 13.2 Å². The van der Waals surface area contributed by atoms with Gasteiger partial charge in [0.15, 0.2) is 0 Å². The highest BCUT2D eigenvalue weighted by atomic mass is 79.9. The third-order valence-corrected chi connectivity index (χ3v) is 6.30. The van der Waals surface area contributed by atoms with E-state index in [0.717, 1.165) is 21.4 Å². The third-order valence-electron chi connectivity index (χ3n) is 5.53. The Kier molecular flexibility index (Phi) is 8.25. The van der Waals surface area contributed by atoms with Crippen molar-refractivity contribution < 1.29 is 28.6 Å². The molecule has 37 heavy (non-hydrogen) atoms. The maximum absolute atomic E-state index is 13.3. The molecular weight excluding hydrogens is 540 g/mol. The molecule has 1 N–H and O–H groups in total. The standard InChI is InChI=1S/C28H25BrN2O6/c1-3-14-36-21-12-9-20(10-13-21)31-27(33)23(26(32)30-28(31)34)15-18-8-11-22(35-2)16-25(18)37-17-19-6-4-5-7-24(19)29/h4-13,15-16H,3,14,17H2,1-2H3,(H,30,32,34)/b23-15-. The van der Waals surface area contributed by atoms with E-state index in [4.69, 9.17) is 14.2 Å². The molecule has 4 rings (SSSR count). The molecule has 1 heterocycles. The van der Waals surface area contributed by atoms with Crippen molar-refractivity contribution in [2.75, 3.05) is 18.6 Å². The maximum Gasteiger partial charge on any atom is 0.335 e. The maximum atomic E-state index is 13.3. The predicted molar refractivity (Wildman–Crippen MR) is 143 cm³/mol. The lowest BCUT2D eigenvalue weighted by Crippen LogP contribution is -2.54. The summed E-state index contributed by atoms with van der Waals surface area (Å²) < 4.78 is 17.8. The average molecular weight is 565 g/mol. The van der Waals surface area contributed by atoms with Crippen LogP contribution < -0.4 is 24.4 Å². The van der Waals surface area contributed by atoms with Gasteiger partial charge in [0.05, 0.1) is 19.4 Å². The number of anilines is 1. The molecule has 0 aromatic heterocycles. The lowest BCUT2D eigenvalue weighted by Gasteiger charge is -2.26. The van der Waals surface area contributed by atoms with E-state index in [1.54, 1.807) is 42.5 Å². The van der Waals surface area contributed by atoms with Crippen molar-refractivity contribution in [1.29, 1.82) is 0 Å². The Balaban J connectivity index is 1.64. The van der Waals surface area contributed by atoms with Crippen molar-refractivity contribution in [3.05, 3.63) is 87.9 Å². The van der Waals surface area contributed by atoms with Gasteiger partial charge in [-0.05, 0) is 55.0 Å². The van der Waals surface area contributed by atoms with Crippen LogP contribution in [0.1, 0.15) is 24.5 Å². The lowest BCUT2D eigenvalue weighted by molar-refractivity contribution is -0.122. The molecule has 1 aliphatic heterocycles. The van der Waals surface area contributed by atoms with Crippen molar-refractivity contribution in [1.82, 2.24) is 5.32 Å². The minimum absolute atomic E-state index is 0.207. The van der Waals surface area contributed by atoms with Gasteiger partial charge in [-0.15, -0.1) is 0 Å². The smallest absolute Gasteiger partial charge is 0.335 e. The molecule has 0 saturated carbocycles. The summed E-state index contributed by atoms with van der Waals surface area (Å²) in [5.41, 5.74) is 1.49. The molecule has 4 amide bonds. The molecule has 0 aliphatic carbocycles. The van der Waals surface area contributed by atoms with E-state index in [0.29, 0.717) is 35.1 Å². The Morgan fingerprint density at radius 3 is 2.38 bits per heavy atom. The fourth-order valence-corrected chi connectivity index (χ4v) is 4.01. The predicted octanol–water partition coefficient (Wildman–Crippen LogP) is 5.49. The third kappa shape index (κ3) is 6.00. The second kappa shape index (κ2) is 11.7. The molecule has 1 saturated heterocycles. The largest absolute Gasteiger partial charge is 0.497 e. The van der Waals surface area contributed by atoms with Crippen LogP contribution in [0.4, 0.5) is 10.5 Å². The molecule has 9 heteroatoms.